The van der Waals surface area contributed by atoms with Crippen LogP contribution in [0.4, 0.5) is 10.5 Å². The molecule has 3 aliphatic rings. The van der Waals surface area contributed by atoms with Crippen molar-refractivity contribution in [2.24, 2.45) is 0 Å². The maximum Gasteiger partial charge on any atom is 0.412 e. The van der Waals surface area contributed by atoms with E-state index in [1.54, 1.807) is 32.9 Å². The van der Waals surface area contributed by atoms with E-state index in [1.807, 2.05) is 11.9 Å². The molecule has 3 aliphatic heterocycles. The zero-order valence-electron chi connectivity index (χ0n) is 23.3. The van der Waals surface area contributed by atoms with Crippen LogP contribution in [0.25, 0.3) is 16.6 Å². The molecule has 5 rings (SSSR count). The van der Waals surface area contributed by atoms with Crippen molar-refractivity contribution in [3.8, 4) is 11.5 Å². The Bertz CT molecular complexity index is 1470. The number of hydrogen-bond donors (Lipinski definition) is 2. The van der Waals surface area contributed by atoms with Gasteiger partial charge in [0.15, 0.2) is 17.6 Å². The fourth-order valence-corrected chi connectivity index (χ4v) is 5.16. The number of anilines is 1. The molecule has 4 heterocycles. The fourth-order valence-electron chi connectivity index (χ4n) is 5.16. The van der Waals surface area contributed by atoms with Gasteiger partial charge in [0, 0.05) is 41.8 Å². The van der Waals surface area contributed by atoms with Crippen LogP contribution in [0.5, 0.6) is 11.5 Å². The fraction of sp³-hybridized carbons (Fsp3) is 0.448. The van der Waals surface area contributed by atoms with Gasteiger partial charge in [0.05, 0.1) is 16.9 Å². The Morgan fingerprint density at radius 2 is 2.08 bits per heavy atom. The zero-order valence-corrected chi connectivity index (χ0v) is 23.3. The molecule has 1 unspecified atom stereocenters. The number of aliphatic hydroxyl groups is 1. The van der Waals surface area contributed by atoms with Gasteiger partial charge in [0.1, 0.15) is 24.2 Å². The van der Waals surface area contributed by atoms with Gasteiger partial charge in [-0.05, 0) is 45.3 Å². The molecule has 0 radical (unpaired) electrons. The van der Waals surface area contributed by atoms with Gasteiger partial charge in [-0.25, -0.2) is 14.6 Å². The number of benzene rings is 1. The third kappa shape index (κ3) is 4.97. The van der Waals surface area contributed by atoms with E-state index in [0.29, 0.717) is 53.3 Å². The van der Waals surface area contributed by atoms with E-state index in [9.17, 15) is 19.5 Å². The first-order valence-electron chi connectivity index (χ1n) is 13.3. The van der Waals surface area contributed by atoms with Gasteiger partial charge in [-0.15, -0.1) is 0 Å². The second-order valence-electron chi connectivity index (χ2n) is 11.0. The maximum absolute atomic E-state index is 12.9. The van der Waals surface area contributed by atoms with Gasteiger partial charge in [-0.2, -0.15) is 0 Å². The summed E-state index contributed by atoms with van der Waals surface area (Å²) in [6.07, 6.45) is 2.57. The standard InChI is InChI=1S/C29H33N3O8/c1-6-7-8-16-18-11-32(5)20(9-17-15(12-33)13-37-27(35)25(17)34)23(18)30-19-10-21-26(39-14-38-21)24(22(16)19)31-28(36)40-29(2,3)4/h9-10,12,25,34H,6-8,11,13-14H2,1-5H3,(H,31,36)/b20-9-. The number of carbonyl (C=O) groups is 3. The number of unbranched alkanes of at least 4 members (excludes halogenated alkanes) is 1. The number of amides is 1. The van der Waals surface area contributed by atoms with E-state index in [1.165, 1.54) is 0 Å². The minimum absolute atomic E-state index is 0.00314. The van der Waals surface area contributed by atoms with Crippen LogP contribution in [0.2, 0.25) is 0 Å². The van der Waals surface area contributed by atoms with Crippen molar-refractivity contribution in [1.29, 1.82) is 0 Å². The average molecular weight is 552 g/mol. The largest absolute Gasteiger partial charge is 0.459 e. The molecule has 0 spiro atoms. The molecule has 1 atom stereocenters. The number of nitrogens with one attached hydrogen (secondary N) is 1. The summed E-state index contributed by atoms with van der Waals surface area (Å²) in [5.74, 6) is 0.0596. The molecule has 2 aromatic rings. The molecular formula is C29H33N3O8. The van der Waals surface area contributed by atoms with E-state index in [0.717, 1.165) is 29.4 Å². The van der Waals surface area contributed by atoms with Gasteiger partial charge in [-0.3, -0.25) is 10.1 Å². The van der Waals surface area contributed by atoms with E-state index in [4.69, 9.17) is 23.9 Å². The molecule has 1 aromatic heterocycles. The number of carbonyl (C=O) groups excluding carboxylic acids is 3. The number of aldehydes is 1. The molecule has 2 N–H and O–H groups in total. The highest BCUT2D eigenvalue weighted by molar-refractivity contribution is 6.06. The SMILES string of the molecule is CCCCc1c2c(nc3cc4c(c(NC(=O)OC(C)(C)C)c13)OCO4)/C(=C/C1=C(C=O)COC(=O)C1O)N(C)C2. The lowest BCUT2D eigenvalue weighted by molar-refractivity contribution is -0.151. The lowest BCUT2D eigenvalue weighted by atomic mass is 9.94. The highest BCUT2D eigenvalue weighted by Crippen LogP contribution is 2.48. The highest BCUT2D eigenvalue weighted by Gasteiger charge is 2.34. The normalized spacial score (nSPS) is 19.2. The summed E-state index contributed by atoms with van der Waals surface area (Å²) in [5.41, 5.74) is 3.96. The lowest BCUT2D eigenvalue weighted by Gasteiger charge is -2.22. The molecule has 212 valence electrons. The van der Waals surface area contributed by atoms with Crippen LogP contribution >= 0.6 is 0 Å². The molecular weight excluding hydrogens is 518 g/mol. The molecule has 0 saturated heterocycles. The predicted molar refractivity (Wildman–Crippen MR) is 146 cm³/mol. The second kappa shape index (κ2) is 10.5. The van der Waals surface area contributed by atoms with Crippen molar-refractivity contribution < 1.29 is 38.4 Å². The molecule has 11 heteroatoms. The molecule has 11 nitrogen and oxygen atoms in total. The minimum Gasteiger partial charge on any atom is -0.459 e. The van der Waals surface area contributed by atoms with Crippen LogP contribution in [0.15, 0.2) is 23.3 Å². The van der Waals surface area contributed by atoms with Crippen molar-refractivity contribution in [3.05, 3.63) is 40.1 Å². The number of aryl methyl sites for hydroxylation is 1. The number of aliphatic hydroxyl groups excluding tert-OH is 1. The number of esters is 1. The molecule has 0 saturated carbocycles. The first kappa shape index (κ1) is 27.4. The third-order valence-corrected chi connectivity index (χ3v) is 6.98. The summed E-state index contributed by atoms with van der Waals surface area (Å²) in [7, 11) is 1.88. The Balaban J connectivity index is 1.73. The monoisotopic (exact) mass is 551 g/mol. The van der Waals surface area contributed by atoms with E-state index in [-0.39, 0.29) is 24.5 Å². The van der Waals surface area contributed by atoms with E-state index in [2.05, 4.69) is 12.2 Å². The number of cyclic esters (lactones) is 1. The number of nitrogens with zero attached hydrogens (tertiary/aromatic N) is 2. The van der Waals surface area contributed by atoms with Crippen LogP contribution in [0.3, 0.4) is 0 Å². The quantitative estimate of drug-likeness (QED) is 0.402. The van der Waals surface area contributed by atoms with Gasteiger partial charge in [-0.1, -0.05) is 13.3 Å². The Kier molecular flexibility index (Phi) is 7.17. The topological polar surface area (TPSA) is 137 Å². The number of hydrogen-bond acceptors (Lipinski definition) is 10. The van der Waals surface area contributed by atoms with Crippen LogP contribution < -0.4 is 14.8 Å². The summed E-state index contributed by atoms with van der Waals surface area (Å²) >= 11 is 0. The summed E-state index contributed by atoms with van der Waals surface area (Å²) < 4.78 is 21.9. The number of rotatable bonds is 6. The van der Waals surface area contributed by atoms with Gasteiger partial charge < -0.3 is 29.0 Å². The third-order valence-electron chi connectivity index (χ3n) is 6.98. The number of fused-ring (bicyclic) bond motifs is 3. The van der Waals surface area contributed by atoms with E-state index >= 15 is 0 Å². The van der Waals surface area contributed by atoms with Crippen molar-refractivity contribution in [2.45, 2.75) is 65.2 Å². The first-order chi connectivity index (χ1) is 19.0. The lowest BCUT2D eigenvalue weighted by Crippen LogP contribution is -2.32. The van der Waals surface area contributed by atoms with Gasteiger partial charge in [0.2, 0.25) is 6.79 Å². The van der Waals surface area contributed by atoms with E-state index < -0.39 is 23.8 Å². The van der Waals surface area contributed by atoms with Crippen LogP contribution in [-0.4, -0.2) is 65.5 Å². The summed E-state index contributed by atoms with van der Waals surface area (Å²) in [4.78, 5) is 43.6. The minimum atomic E-state index is -1.57. The van der Waals surface area contributed by atoms with Gasteiger partial charge >= 0.3 is 12.1 Å². The number of ether oxygens (including phenoxy) is 4. The molecule has 40 heavy (non-hydrogen) atoms. The number of pyridine rings is 1. The Hall–Kier alpha value is -4.12. The van der Waals surface area contributed by atoms with Crippen LogP contribution in [-0.2, 0) is 32.0 Å². The van der Waals surface area contributed by atoms with Crippen molar-refractivity contribution in [1.82, 2.24) is 9.88 Å². The molecule has 1 aromatic carbocycles. The summed E-state index contributed by atoms with van der Waals surface area (Å²) in [5, 5.41) is 14.2. The van der Waals surface area contributed by atoms with Crippen molar-refractivity contribution >= 4 is 40.6 Å². The Morgan fingerprint density at radius 1 is 1.30 bits per heavy atom. The van der Waals surface area contributed by atoms with Crippen LogP contribution in [0, 0.1) is 0 Å². The first-order valence-corrected chi connectivity index (χ1v) is 13.3. The Labute approximate surface area is 231 Å². The average Bonchev–Trinajstić information content (AvgIpc) is 3.47. The smallest absolute Gasteiger partial charge is 0.412 e. The van der Waals surface area contributed by atoms with Crippen LogP contribution in [0.1, 0.15) is 57.4 Å². The summed E-state index contributed by atoms with van der Waals surface area (Å²) in [6, 6.07) is 1.78. The molecule has 0 aliphatic carbocycles. The zero-order chi connectivity index (χ0) is 28.8. The predicted octanol–water partition coefficient (Wildman–Crippen LogP) is 3.85. The van der Waals surface area contributed by atoms with Crippen molar-refractivity contribution in [3.63, 3.8) is 0 Å². The maximum atomic E-state index is 12.9. The van der Waals surface area contributed by atoms with Crippen molar-refractivity contribution in [2.75, 3.05) is 25.8 Å². The second-order valence-corrected chi connectivity index (χ2v) is 11.0. The number of aromatic nitrogens is 1. The molecule has 0 fully saturated rings. The van der Waals surface area contributed by atoms with Gasteiger partial charge in [0.25, 0.3) is 0 Å². The molecule has 0 bridgehead atoms. The molecule has 1 amide bonds. The highest BCUT2D eigenvalue weighted by atomic mass is 16.7. The summed E-state index contributed by atoms with van der Waals surface area (Å²) in [6.45, 7) is 7.77. The Morgan fingerprint density at radius 3 is 2.77 bits per heavy atom.